The number of aromatic nitrogens is 4. The monoisotopic (exact) mass is 291 g/mol. The molecule has 0 radical (unpaired) electrons. The fourth-order valence-corrected chi connectivity index (χ4v) is 1.93. The molecule has 7 heteroatoms. The van der Waals surface area contributed by atoms with E-state index in [1.165, 1.54) is 0 Å². The normalized spacial score (nSPS) is 10.4. The van der Waals surface area contributed by atoms with Gasteiger partial charge in [0, 0.05) is 25.4 Å². The zero-order valence-electron chi connectivity index (χ0n) is 11.3. The summed E-state index contributed by atoms with van der Waals surface area (Å²) in [6.07, 6.45) is 3.83. The predicted octanol–water partition coefficient (Wildman–Crippen LogP) is 1.51. The fraction of sp³-hybridized carbons (Fsp3) is 0.385. The highest BCUT2D eigenvalue weighted by molar-refractivity contribution is 7.71. The van der Waals surface area contributed by atoms with Gasteiger partial charge in [0.2, 0.25) is 5.91 Å². The molecule has 2 aromatic rings. The van der Waals surface area contributed by atoms with Crippen LogP contribution in [0.15, 0.2) is 24.4 Å². The molecular formula is C13H17N5OS. The van der Waals surface area contributed by atoms with Crippen molar-refractivity contribution in [2.75, 3.05) is 0 Å². The minimum atomic E-state index is 0.00912. The summed E-state index contributed by atoms with van der Waals surface area (Å²) in [6.45, 7) is 0.381. The minimum Gasteiger partial charge on any atom is -0.349 e. The molecule has 2 heterocycles. The van der Waals surface area contributed by atoms with Crippen LogP contribution in [0.4, 0.5) is 0 Å². The van der Waals surface area contributed by atoms with Crippen molar-refractivity contribution in [1.82, 2.24) is 25.1 Å². The average molecular weight is 291 g/mol. The summed E-state index contributed by atoms with van der Waals surface area (Å²) in [4.78, 5) is 15.9. The molecule has 0 aliphatic rings. The third-order valence-electron chi connectivity index (χ3n) is 2.98. The number of rotatable bonds is 6. The smallest absolute Gasteiger partial charge is 0.220 e. The van der Waals surface area contributed by atoms with Crippen molar-refractivity contribution in [3.8, 4) is 0 Å². The minimum absolute atomic E-state index is 0.00912. The van der Waals surface area contributed by atoms with Crippen LogP contribution >= 0.6 is 12.2 Å². The molecular weight excluding hydrogens is 274 g/mol. The van der Waals surface area contributed by atoms with E-state index in [9.17, 15) is 4.79 Å². The molecule has 2 N–H and O–H groups in total. The van der Waals surface area contributed by atoms with Crippen LogP contribution in [0.5, 0.6) is 0 Å². The van der Waals surface area contributed by atoms with E-state index in [0.717, 1.165) is 18.5 Å². The van der Waals surface area contributed by atoms with Gasteiger partial charge in [-0.05, 0) is 37.2 Å². The summed E-state index contributed by atoms with van der Waals surface area (Å²) in [6, 6.07) is 5.80. The number of amides is 1. The van der Waals surface area contributed by atoms with Crippen LogP contribution in [0.25, 0.3) is 0 Å². The molecule has 2 aromatic heterocycles. The Bertz CT molecular complexity index is 619. The molecule has 106 valence electrons. The van der Waals surface area contributed by atoms with E-state index in [0.29, 0.717) is 23.6 Å². The van der Waals surface area contributed by atoms with E-state index in [1.54, 1.807) is 10.8 Å². The molecule has 0 aromatic carbocycles. The Hall–Kier alpha value is -2.02. The van der Waals surface area contributed by atoms with Crippen molar-refractivity contribution in [3.05, 3.63) is 40.7 Å². The standard InChI is InChI=1S/C13H17N5OS/c1-18-11(16-17-13(18)20)9-15-12(19)7-4-6-10-5-2-3-8-14-10/h2-3,5,8H,4,6-7,9H2,1H3,(H,15,19)(H,17,20). The zero-order valence-corrected chi connectivity index (χ0v) is 12.1. The Morgan fingerprint density at radius 1 is 1.50 bits per heavy atom. The van der Waals surface area contributed by atoms with Gasteiger partial charge in [-0.1, -0.05) is 6.07 Å². The van der Waals surface area contributed by atoms with Gasteiger partial charge >= 0.3 is 0 Å². The topological polar surface area (TPSA) is 75.6 Å². The van der Waals surface area contributed by atoms with E-state index >= 15 is 0 Å². The highest BCUT2D eigenvalue weighted by atomic mass is 32.1. The van der Waals surface area contributed by atoms with Gasteiger partial charge < -0.3 is 9.88 Å². The van der Waals surface area contributed by atoms with Gasteiger partial charge in [-0.25, -0.2) is 0 Å². The lowest BCUT2D eigenvalue weighted by Gasteiger charge is -2.04. The molecule has 0 unspecified atom stereocenters. The van der Waals surface area contributed by atoms with Gasteiger partial charge in [-0.2, -0.15) is 5.10 Å². The Morgan fingerprint density at radius 3 is 3.00 bits per heavy atom. The highest BCUT2D eigenvalue weighted by Crippen LogP contribution is 2.01. The molecule has 2 rings (SSSR count). The second-order valence-electron chi connectivity index (χ2n) is 4.46. The number of carbonyl (C=O) groups is 1. The fourth-order valence-electron chi connectivity index (χ4n) is 1.78. The first kappa shape index (κ1) is 14.4. The number of nitrogens with one attached hydrogen (secondary N) is 2. The Kier molecular flexibility index (Phi) is 5.00. The number of aromatic amines is 1. The maximum Gasteiger partial charge on any atom is 0.220 e. The van der Waals surface area contributed by atoms with Crippen LogP contribution in [-0.2, 0) is 24.8 Å². The molecule has 6 nitrogen and oxygen atoms in total. The van der Waals surface area contributed by atoms with Crippen molar-refractivity contribution < 1.29 is 4.79 Å². The van der Waals surface area contributed by atoms with Crippen molar-refractivity contribution >= 4 is 18.1 Å². The van der Waals surface area contributed by atoms with Crippen LogP contribution < -0.4 is 5.32 Å². The third kappa shape index (κ3) is 3.99. The maximum atomic E-state index is 11.7. The van der Waals surface area contributed by atoms with Crippen molar-refractivity contribution in [3.63, 3.8) is 0 Å². The summed E-state index contributed by atoms with van der Waals surface area (Å²) in [5, 5.41) is 9.55. The molecule has 0 aliphatic heterocycles. The van der Waals surface area contributed by atoms with Gasteiger partial charge in [0.25, 0.3) is 0 Å². The number of pyridine rings is 1. The molecule has 0 saturated heterocycles. The summed E-state index contributed by atoms with van der Waals surface area (Å²) in [5.41, 5.74) is 1.01. The SMILES string of the molecule is Cn1c(CNC(=O)CCCc2ccccn2)n[nH]c1=S. The van der Waals surface area contributed by atoms with E-state index in [-0.39, 0.29) is 5.91 Å². The first-order chi connectivity index (χ1) is 9.66. The summed E-state index contributed by atoms with van der Waals surface area (Å²) in [7, 11) is 1.81. The van der Waals surface area contributed by atoms with Crippen LogP contribution in [0.2, 0.25) is 0 Å². The molecule has 20 heavy (non-hydrogen) atoms. The highest BCUT2D eigenvalue weighted by Gasteiger charge is 2.05. The number of hydrogen-bond donors (Lipinski definition) is 2. The Labute approximate surface area is 122 Å². The van der Waals surface area contributed by atoms with Crippen LogP contribution in [0, 0.1) is 4.77 Å². The lowest BCUT2D eigenvalue weighted by molar-refractivity contribution is -0.121. The van der Waals surface area contributed by atoms with Gasteiger partial charge in [0.05, 0.1) is 6.54 Å². The van der Waals surface area contributed by atoms with Crippen molar-refractivity contribution in [2.45, 2.75) is 25.8 Å². The number of aryl methyl sites for hydroxylation is 1. The Morgan fingerprint density at radius 2 is 2.35 bits per heavy atom. The van der Waals surface area contributed by atoms with Crippen LogP contribution in [-0.4, -0.2) is 25.7 Å². The zero-order chi connectivity index (χ0) is 14.4. The molecule has 0 bridgehead atoms. The first-order valence-corrected chi connectivity index (χ1v) is 6.84. The second-order valence-corrected chi connectivity index (χ2v) is 4.84. The maximum absolute atomic E-state index is 11.7. The van der Waals surface area contributed by atoms with Crippen LogP contribution in [0.3, 0.4) is 0 Å². The lowest BCUT2D eigenvalue weighted by Crippen LogP contribution is -2.24. The lowest BCUT2D eigenvalue weighted by atomic mass is 10.2. The van der Waals surface area contributed by atoms with Crippen LogP contribution in [0.1, 0.15) is 24.4 Å². The Balaban J connectivity index is 1.71. The number of hydrogen-bond acceptors (Lipinski definition) is 4. The first-order valence-electron chi connectivity index (χ1n) is 6.43. The van der Waals surface area contributed by atoms with E-state index in [2.05, 4.69) is 20.5 Å². The van der Waals surface area contributed by atoms with Gasteiger partial charge in [-0.3, -0.25) is 14.9 Å². The quantitative estimate of drug-likeness (QED) is 0.791. The molecule has 1 amide bonds. The number of nitrogens with zero attached hydrogens (tertiary/aromatic N) is 3. The number of carbonyl (C=O) groups excluding carboxylic acids is 1. The summed E-state index contributed by atoms with van der Waals surface area (Å²) >= 11 is 5.00. The second kappa shape index (κ2) is 6.95. The molecule has 0 aliphatic carbocycles. The summed E-state index contributed by atoms with van der Waals surface area (Å²) in [5.74, 6) is 0.725. The van der Waals surface area contributed by atoms with E-state index in [1.807, 2.05) is 25.2 Å². The molecule has 0 atom stereocenters. The average Bonchev–Trinajstić information content (AvgIpc) is 2.78. The van der Waals surface area contributed by atoms with E-state index in [4.69, 9.17) is 12.2 Å². The van der Waals surface area contributed by atoms with Gasteiger partial charge in [-0.15, -0.1) is 0 Å². The van der Waals surface area contributed by atoms with Gasteiger partial charge in [0.15, 0.2) is 10.6 Å². The number of H-pyrrole nitrogens is 1. The van der Waals surface area contributed by atoms with Gasteiger partial charge in [0.1, 0.15) is 0 Å². The van der Waals surface area contributed by atoms with E-state index < -0.39 is 0 Å². The summed E-state index contributed by atoms with van der Waals surface area (Å²) < 4.78 is 2.29. The van der Waals surface area contributed by atoms with Crippen molar-refractivity contribution in [1.29, 1.82) is 0 Å². The molecule has 0 saturated carbocycles. The molecule has 0 spiro atoms. The predicted molar refractivity (Wildman–Crippen MR) is 77.4 cm³/mol. The largest absolute Gasteiger partial charge is 0.349 e. The third-order valence-corrected chi connectivity index (χ3v) is 3.34. The molecule has 0 fully saturated rings. The van der Waals surface area contributed by atoms with Crippen molar-refractivity contribution in [2.24, 2.45) is 7.05 Å².